The normalized spacial score (nSPS) is 10.6. The van der Waals surface area contributed by atoms with Crippen molar-refractivity contribution in [2.45, 2.75) is 19.9 Å². The van der Waals surface area contributed by atoms with Gasteiger partial charge in [-0.2, -0.15) is 5.26 Å². The van der Waals surface area contributed by atoms with E-state index in [-0.39, 0.29) is 18.5 Å². The molecule has 0 spiro atoms. The third-order valence-corrected chi connectivity index (χ3v) is 2.79. The highest BCUT2D eigenvalue weighted by Crippen LogP contribution is 2.06. The first-order valence-corrected chi connectivity index (χ1v) is 6.42. The Labute approximate surface area is 123 Å². The predicted molar refractivity (Wildman–Crippen MR) is 77.0 cm³/mol. The molecule has 1 aromatic carbocycles. The molecule has 110 valence electrons. The van der Waals surface area contributed by atoms with Crippen LogP contribution in [0, 0.1) is 18.3 Å². The maximum Gasteiger partial charge on any atom is 0.305 e. The number of aliphatic carboxylic acids is 1. The SMILES string of the molecule is Cc1ccccc1CN/C=C(/C#N)C(=O)NCCC(=O)O. The number of aryl methyl sites for hydroxylation is 1. The van der Waals surface area contributed by atoms with Crippen molar-refractivity contribution in [2.24, 2.45) is 0 Å². The summed E-state index contributed by atoms with van der Waals surface area (Å²) in [4.78, 5) is 22.0. The quantitative estimate of drug-likeness (QED) is 0.514. The minimum atomic E-state index is -1.00. The molecule has 0 atom stereocenters. The molecule has 0 aliphatic carbocycles. The Hall–Kier alpha value is -2.81. The van der Waals surface area contributed by atoms with Crippen LogP contribution in [0.2, 0.25) is 0 Å². The second-order valence-corrected chi connectivity index (χ2v) is 4.38. The topological polar surface area (TPSA) is 102 Å². The first-order valence-electron chi connectivity index (χ1n) is 6.42. The lowest BCUT2D eigenvalue weighted by molar-refractivity contribution is -0.136. The number of carboxylic acid groups (broad SMARTS) is 1. The molecule has 6 heteroatoms. The van der Waals surface area contributed by atoms with Crippen LogP contribution in [-0.2, 0) is 16.1 Å². The van der Waals surface area contributed by atoms with E-state index in [9.17, 15) is 9.59 Å². The highest BCUT2D eigenvalue weighted by molar-refractivity contribution is 5.97. The average molecular weight is 287 g/mol. The molecule has 0 aliphatic heterocycles. The van der Waals surface area contributed by atoms with Crippen LogP contribution in [0.25, 0.3) is 0 Å². The molecule has 3 N–H and O–H groups in total. The number of carbonyl (C=O) groups excluding carboxylic acids is 1. The standard InChI is InChI=1S/C15H17N3O3/c1-11-4-2-3-5-12(11)9-17-10-13(8-16)15(21)18-7-6-14(19)20/h2-5,10,17H,6-7,9H2,1H3,(H,18,21)(H,19,20)/b13-10-. The number of hydrogen-bond donors (Lipinski definition) is 3. The number of hydrogen-bond acceptors (Lipinski definition) is 4. The molecule has 0 aromatic heterocycles. The minimum absolute atomic E-state index is 0.00895. The van der Waals surface area contributed by atoms with E-state index in [1.165, 1.54) is 6.20 Å². The minimum Gasteiger partial charge on any atom is -0.481 e. The van der Waals surface area contributed by atoms with Crippen molar-refractivity contribution in [2.75, 3.05) is 6.54 Å². The van der Waals surface area contributed by atoms with E-state index in [0.717, 1.165) is 11.1 Å². The molecule has 1 aromatic rings. The van der Waals surface area contributed by atoms with E-state index in [1.54, 1.807) is 6.07 Å². The number of nitrogens with one attached hydrogen (secondary N) is 2. The molecule has 21 heavy (non-hydrogen) atoms. The van der Waals surface area contributed by atoms with Crippen LogP contribution in [0.4, 0.5) is 0 Å². The van der Waals surface area contributed by atoms with E-state index >= 15 is 0 Å². The van der Waals surface area contributed by atoms with Crippen LogP contribution in [0.5, 0.6) is 0 Å². The van der Waals surface area contributed by atoms with Gasteiger partial charge in [-0.05, 0) is 18.1 Å². The lowest BCUT2D eigenvalue weighted by atomic mass is 10.1. The first-order chi connectivity index (χ1) is 10.0. The van der Waals surface area contributed by atoms with Gasteiger partial charge in [0, 0.05) is 19.3 Å². The lowest BCUT2D eigenvalue weighted by Gasteiger charge is -2.06. The molecule has 0 saturated heterocycles. The molecule has 0 heterocycles. The third-order valence-electron chi connectivity index (χ3n) is 2.79. The van der Waals surface area contributed by atoms with Crippen molar-refractivity contribution in [1.82, 2.24) is 10.6 Å². The van der Waals surface area contributed by atoms with Gasteiger partial charge in [-0.25, -0.2) is 0 Å². The molecule has 0 unspecified atom stereocenters. The fourth-order valence-corrected chi connectivity index (χ4v) is 1.60. The number of carbonyl (C=O) groups is 2. The Morgan fingerprint density at radius 2 is 2.10 bits per heavy atom. The van der Waals surface area contributed by atoms with Gasteiger partial charge in [0.05, 0.1) is 6.42 Å². The first kappa shape index (κ1) is 16.2. The van der Waals surface area contributed by atoms with Crippen LogP contribution in [0.15, 0.2) is 36.0 Å². The Kier molecular flexibility index (Phi) is 6.48. The summed E-state index contributed by atoms with van der Waals surface area (Å²) in [6.07, 6.45) is 1.16. The smallest absolute Gasteiger partial charge is 0.305 e. The molecule has 0 radical (unpaired) electrons. The van der Waals surface area contributed by atoms with Crippen LogP contribution < -0.4 is 10.6 Å². The monoisotopic (exact) mass is 287 g/mol. The summed E-state index contributed by atoms with van der Waals surface area (Å²) in [5.74, 6) is -1.59. The molecule has 6 nitrogen and oxygen atoms in total. The largest absolute Gasteiger partial charge is 0.481 e. The summed E-state index contributed by atoms with van der Waals surface area (Å²) >= 11 is 0. The molecule has 0 saturated carbocycles. The van der Waals surface area contributed by atoms with Crippen molar-refractivity contribution in [1.29, 1.82) is 5.26 Å². The van der Waals surface area contributed by atoms with E-state index in [4.69, 9.17) is 10.4 Å². The average Bonchev–Trinajstić information content (AvgIpc) is 2.45. The van der Waals surface area contributed by atoms with E-state index < -0.39 is 11.9 Å². The van der Waals surface area contributed by atoms with Gasteiger partial charge < -0.3 is 15.7 Å². The van der Waals surface area contributed by atoms with Crippen molar-refractivity contribution in [3.8, 4) is 6.07 Å². The van der Waals surface area contributed by atoms with Gasteiger partial charge in [0.15, 0.2) is 0 Å². The number of rotatable bonds is 7. The van der Waals surface area contributed by atoms with Crippen molar-refractivity contribution < 1.29 is 14.7 Å². The Morgan fingerprint density at radius 1 is 1.38 bits per heavy atom. The van der Waals surface area contributed by atoms with Gasteiger partial charge in [-0.1, -0.05) is 24.3 Å². The van der Waals surface area contributed by atoms with Gasteiger partial charge in [0.2, 0.25) is 0 Å². The van der Waals surface area contributed by atoms with Gasteiger partial charge >= 0.3 is 5.97 Å². The van der Waals surface area contributed by atoms with Gasteiger partial charge in [0.25, 0.3) is 5.91 Å². The Balaban J connectivity index is 2.52. The van der Waals surface area contributed by atoms with Crippen LogP contribution in [0.3, 0.4) is 0 Å². The van der Waals surface area contributed by atoms with E-state index in [1.807, 2.05) is 31.2 Å². The van der Waals surface area contributed by atoms with Gasteiger partial charge in [-0.15, -0.1) is 0 Å². The summed E-state index contributed by atoms with van der Waals surface area (Å²) in [6.45, 7) is 2.47. The predicted octanol–water partition coefficient (Wildman–Crippen LogP) is 1.08. The zero-order chi connectivity index (χ0) is 15.7. The van der Waals surface area contributed by atoms with Crippen molar-refractivity contribution in [3.63, 3.8) is 0 Å². The highest BCUT2D eigenvalue weighted by atomic mass is 16.4. The number of carboxylic acids is 1. The Morgan fingerprint density at radius 3 is 2.71 bits per heavy atom. The summed E-state index contributed by atoms with van der Waals surface area (Å²) in [7, 11) is 0. The van der Waals surface area contributed by atoms with E-state index in [0.29, 0.717) is 6.54 Å². The van der Waals surface area contributed by atoms with Gasteiger partial charge in [-0.3, -0.25) is 9.59 Å². The summed E-state index contributed by atoms with van der Waals surface area (Å²) in [5.41, 5.74) is 2.09. The van der Waals surface area contributed by atoms with Crippen LogP contribution in [0.1, 0.15) is 17.5 Å². The number of benzene rings is 1. The van der Waals surface area contributed by atoms with Crippen molar-refractivity contribution >= 4 is 11.9 Å². The molecule has 0 bridgehead atoms. The fourth-order valence-electron chi connectivity index (χ4n) is 1.60. The van der Waals surface area contributed by atoms with E-state index in [2.05, 4.69) is 10.6 Å². The maximum atomic E-state index is 11.6. The number of nitrogens with zero attached hydrogens (tertiary/aromatic N) is 1. The molecule has 0 aliphatic rings. The summed E-state index contributed by atoms with van der Waals surface area (Å²) in [6, 6.07) is 9.56. The molecule has 1 rings (SSSR count). The molecule has 1 amide bonds. The summed E-state index contributed by atoms with van der Waals surface area (Å²) in [5, 5.41) is 22.7. The number of amides is 1. The fraction of sp³-hybridized carbons (Fsp3) is 0.267. The second-order valence-electron chi connectivity index (χ2n) is 4.38. The Bertz CT molecular complexity index is 588. The molecule has 0 fully saturated rings. The molecular weight excluding hydrogens is 270 g/mol. The molecular formula is C15H17N3O3. The van der Waals surface area contributed by atoms with Gasteiger partial charge in [0.1, 0.15) is 11.6 Å². The maximum absolute atomic E-state index is 11.6. The number of nitriles is 1. The zero-order valence-electron chi connectivity index (χ0n) is 11.7. The highest BCUT2D eigenvalue weighted by Gasteiger charge is 2.08. The third kappa shape index (κ3) is 5.78. The lowest BCUT2D eigenvalue weighted by Crippen LogP contribution is -2.27. The van der Waals surface area contributed by atoms with Crippen molar-refractivity contribution in [3.05, 3.63) is 47.2 Å². The van der Waals surface area contributed by atoms with Crippen LogP contribution in [-0.4, -0.2) is 23.5 Å². The van der Waals surface area contributed by atoms with Crippen LogP contribution >= 0.6 is 0 Å². The zero-order valence-corrected chi connectivity index (χ0v) is 11.7. The second kappa shape index (κ2) is 8.38. The summed E-state index contributed by atoms with van der Waals surface area (Å²) < 4.78 is 0.